The number of methoxy groups -OCH3 is 1. The quantitative estimate of drug-likeness (QED) is 0.342. The van der Waals surface area contributed by atoms with Crippen LogP contribution >= 0.6 is 11.6 Å². The number of amides is 1. The van der Waals surface area contributed by atoms with Crippen molar-refractivity contribution in [3.05, 3.63) is 70.3 Å². The van der Waals surface area contributed by atoms with Crippen LogP contribution < -0.4 is 14.4 Å². The van der Waals surface area contributed by atoms with Crippen LogP contribution in [0.4, 0.5) is 5.69 Å². The molecule has 1 fully saturated rings. The Morgan fingerprint density at radius 3 is 2.58 bits per heavy atom. The summed E-state index contributed by atoms with van der Waals surface area (Å²) in [5, 5.41) is 8.62. The number of benzene rings is 2. The Kier molecular flexibility index (Phi) is 13.0. The number of carbonyl (C=O) groups is 1. The number of aliphatic hydroxyl groups is 1. The lowest BCUT2D eigenvalue weighted by Crippen LogP contribution is -2.44. The number of nitrogens with one attached hydrogen (secondary N) is 1. The van der Waals surface area contributed by atoms with E-state index >= 15 is 0 Å². The van der Waals surface area contributed by atoms with Gasteiger partial charge < -0.3 is 19.5 Å². The predicted molar refractivity (Wildman–Crippen MR) is 185 cm³/mol. The van der Waals surface area contributed by atoms with Crippen LogP contribution in [0.15, 0.2) is 48.6 Å². The molecule has 3 aliphatic rings. The van der Waals surface area contributed by atoms with Crippen LogP contribution in [0.1, 0.15) is 87.7 Å². The normalized spacial score (nSPS) is 29.2. The Bertz CT molecular complexity index is 1350. The second kappa shape index (κ2) is 16.4. The minimum absolute atomic E-state index is 0.0478. The van der Waals surface area contributed by atoms with E-state index in [4.69, 9.17) is 26.2 Å². The van der Waals surface area contributed by atoms with Crippen molar-refractivity contribution in [1.29, 1.82) is 0 Å². The third-order valence-corrected chi connectivity index (χ3v) is 11.1. The Hall–Kier alpha value is -2.39. The molecule has 2 aliphatic heterocycles. The number of ether oxygens (including phenoxy) is 2. The number of hydrogen-bond donors (Lipinski definition) is 2. The number of hydrogen-bond acceptors (Lipinski definition) is 6. The smallest absolute Gasteiger partial charge is 0.263 e. The maximum Gasteiger partial charge on any atom is 0.263 e. The Labute approximate surface area is 277 Å². The molecular formula is C36H51ClN2O5S. The summed E-state index contributed by atoms with van der Waals surface area (Å²) in [5.41, 5.74) is 3.95. The van der Waals surface area contributed by atoms with Gasteiger partial charge in [-0.2, -0.15) is 0 Å². The maximum absolute atomic E-state index is 13.3. The van der Waals surface area contributed by atoms with Gasteiger partial charge in [-0.05, 0) is 106 Å². The highest BCUT2D eigenvalue weighted by Crippen LogP contribution is 2.43. The molecule has 1 aliphatic carbocycles. The van der Waals surface area contributed by atoms with Crippen molar-refractivity contribution in [2.75, 3.05) is 31.7 Å². The monoisotopic (exact) mass is 658 g/mol. The molecule has 7 atom stereocenters. The van der Waals surface area contributed by atoms with Crippen LogP contribution in [0.25, 0.3) is 0 Å². The van der Waals surface area contributed by atoms with E-state index in [1.165, 1.54) is 11.1 Å². The molecule has 5 rings (SSSR count). The Balaban J connectivity index is 0.00000109. The summed E-state index contributed by atoms with van der Waals surface area (Å²) in [4.78, 5) is 15.7. The topological polar surface area (TPSA) is 88.1 Å². The van der Waals surface area contributed by atoms with E-state index < -0.39 is 11.0 Å². The second-order valence-corrected chi connectivity index (χ2v) is 15.0. The van der Waals surface area contributed by atoms with E-state index in [9.17, 15) is 9.00 Å². The summed E-state index contributed by atoms with van der Waals surface area (Å²) in [6.07, 6.45) is 9.30. The molecule has 2 N–H and O–H groups in total. The van der Waals surface area contributed by atoms with Gasteiger partial charge in [0.15, 0.2) is 0 Å². The van der Waals surface area contributed by atoms with Gasteiger partial charge >= 0.3 is 0 Å². The molecular weight excluding hydrogens is 608 g/mol. The summed E-state index contributed by atoms with van der Waals surface area (Å²) in [7, 11) is 0.296. The van der Waals surface area contributed by atoms with Crippen LogP contribution in [0.3, 0.4) is 0 Å². The first kappa shape index (κ1) is 35.5. The zero-order valence-corrected chi connectivity index (χ0v) is 29.2. The number of nitrogens with zero attached hydrogens (tertiary/aromatic N) is 1. The number of halogens is 1. The van der Waals surface area contributed by atoms with Crippen molar-refractivity contribution in [2.45, 2.75) is 90.1 Å². The van der Waals surface area contributed by atoms with Gasteiger partial charge in [0, 0.05) is 42.8 Å². The summed E-state index contributed by atoms with van der Waals surface area (Å²) in [5.74, 6) is 1.64. The van der Waals surface area contributed by atoms with E-state index in [1.54, 1.807) is 27.0 Å². The highest BCUT2D eigenvalue weighted by molar-refractivity contribution is 7.84. The van der Waals surface area contributed by atoms with Crippen LogP contribution in [0.2, 0.25) is 5.02 Å². The van der Waals surface area contributed by atoms with Gasteiger partial charge in [-0.1, -0.05) is 50.1 Å². The van der Waals surface area contributed by atoms with E-state index in [-0.39, 0.29) is 35.2 Å². The van der Waals surface area contributed by atoms with Crippen molar-refractivity contribution in [2.24, 2.45) is 17.8 Å². The average molecular weight is 659 g/mol. The molecule has 0 radical (unpaired) electrons. The first-order chi connectivity index (χ1) is 21.5. The second-order valence-electron chi connectivity index (χ2n) is 13.1. The highest BCUT2D eigenvalue weighted by Gasteiger charge is 2.39. The van der Waals surface area contributed by atoms with E-state index in [0.29, 0.717) is 24.0 Å². The molecule has 2 aromatic rings. The van der Waals surface area contributed by atoms with E-state index in [1.807, 2.05) is 25.1 Å². The third kappa shape index (κ3) is 9.12. The largest absolute Gasteiger partial charge is 0.491 e. The highest BCUT2D eigenvalue weighted by atomic mass is 35.5. The summed E-state index contributed by atoms with van der Waals surface area (Å²) < 4.78 is 28.3. The molecule has 0 saturated heterocycles. The molecule has 45 heavy (non-hydrogen) atoms. The zero-order valence-electron chi connectivity index (χ0n) is 27.6. The number of allylic oxidation sites excluding steroid dienone is 1. The third-order valence-electron chi connectivity index (χ3n) is 9.30. The van der Waals surface area contributed by atoms with Gasteiger partial charge in [0.2, 0.25) is 0 Å². The number of anilines is 1. The predicted octanol–water partition coefficient (Wildman–Crippen LogP) is 7.08. The van der Waals surface area contributed by atoms with Crippen molar-refractivity contribution < 1.29 is 23.6 Å². The Morgan fingerprint density at radius 2 is 1.91 bits per heavy atom. The Morgan fingerprint density at radius 1 is 1.16 bits per heavy atom. The summed E-state index contributed by atoms with van der Waals surface area (Å²) in [6, 6.07) is 11.8. The minimum Gasteiger partial charge on any atom is -0.491 e. The first-order valence-electron chi connectivity index (χ1n) is 16.4. The molecule has 2 bridgehead atoms. The summed E-state index contributed by atoms with van der Waals surface area (Å²) in [6.45, 7) is 11.8. The number of rotatable bonds is 4. The number of carbonyl (C=O) groups excluding carboxylic acids is 1. The van der Waals surface area contributed by atoms with Crippen molar-refractivity contribution >= 4 is 34.2 Å². The lowest BCUT2D eigenvalue weighted by molar-refractivity contribution is 0.0134. The van der Waals surface area contributed by atoms with Gasteiger partial charge in [-0.3, -0.25) is 9.52 Å². The van der Waals surface area contributed by atoms with Crippen LogP contribution in [0, 0.1) is 17.8 Å². The number of fused-ring (bicyclic) bond motifs is 2. The maximum atomic E-state index is 13.3. The van der Waals surface area contributed by atoms with Crippen LogP contribution in [0.5, 0.6) is 5.75 Å². The van der Waals surface area contributed by atoms with Crippen molar-refractivity contribution in [3.8, 4) is 5.75 Å². The van der Waals surface area contributed by atoms with E-state index in [2.05, 4.69) is 47.8 Å². The number of aliphatic hydroxyl groups excluding tert-OH is 1. The molecule has 7 unspecified atom stereocenters. The molecule has 7 nitrogen and oxygen atoms in total. The van der Waals surface area contributed by atoms with Gasteiger partial charge in [0.25, 0.3) is 5.91 Å². The fraction of sp³-hybridized carbons (Fsp3) is 0.583. The molecule has 248 valence electrons. The van der Waals surface area contributed by atoms with Gasteiger partial charge in [-0.15, -0.1) is 0 Å². The average Bonchev–Trinajstić information content (AvgIpc) is 3.16. The lowest BCUT2D eigenvalue weighted by Gasteiger charge is -2.43. The van der Waals surface area contributed by atoms with E-state index in [0.717, 1.165) is 61.7 Å². The van der Waals surface area contributed by atoms with Crippen LogP contribution in [-0.4, -0.2) is 59.5 Å². The molecule has 1 saturated carbocycles. The zero-order chi connectivity index (χ0) is 32.7. The SMILES string of the molecule is CC(C)O.CCCc1cc(Cl)ccc1C1COc2ccc3cc2N(C1)CC1CCC1C(OC)/C=C/CC(C)C(C)S(=O)NC3=O. The van der Waals surface area contributed by atoms with Crippen molar-refractivity contribution in [3.63, 3.8) is 0 Å². The van der Waals surface area contributed by atoms with Gasteiger partial charge in [0.1, 0.15) is 16.7 Å². The molecule has 1 amide bonds. The standard InChI is InChI=1S/C33H43ClN2O4S.C3H8O/c1-5-7-23-16-27(34)12-14-28(23)26-19-36-18-25-10-13-29(25)31(39-4)9-6-8-21(2)22(3)41(38)35-33(37)24-11-15-32(40-20-26)30(36)17-24;1-3(2)4/h6,9,11-12,14-17,21-22,25-26,29,31H,5,7-8,10,13,18-20H2,1-4H3,(H,35,37);3-4H,1-2H3/b9-6+;. The van der Waals surface area contributed by atoms with Gasteiger partial charge in [0.05, 0.1) is 23.6 Å². The summed E-state index contributed by atoms with van der Waals surface area (Å²) >= 11 is 6.40. The first-order valence-corrected chi connectivity index (χ1v) is 18.0. The fourth-order valence-corrected chi connectivity index (χ4v) is 7.68. The van der Waals surface area contributed by atoms with Crippen molar-refractivity contribution in [1.82, 2.24) is 4.72 Å². The van der Waals surface area contributed by atoms with Crippen LogP contribution in [-0.2, 0) is 22.1 Å². The molecule has 2 heterocycles. The fourth-order valence-electron chi connectivity index (χ4n) is 6.46. The molecule has 2 aromatic carbocycles. The minimum atomic E-state index is -1.50. The lowest BCUT2D eigenvalue weighted by atomic mass is 9.70. The number of aryl methyl sites for hydroxylation is 1. The van der Waals surface area contributed by atoms with Gasteiger partial charge in [-0.25, -0.2) is 4.21 Å². The molecule has 0 spiro atoms. The molecule has 0 aromatic heterocycles. The molecule has 9 heteroatoms.